The van der Waals surface area contributed by atoms with E-state index in [1.165, 1.54) is 0 Å². The van der Waals surface area contributed by atoms with Crippen molar-refractivity contribution in [3.05, 3.63) is 58.1 Å². The average molecular weight is 483 g/mol. The summed E-state index contributed by atoms with van der Waals surface area (Å²) in [7, 11) is 0. The van der Waals surface area contributed by atoms with Gasteiger partial charge in [0.15, 0.2) is 4.90 Å². The van der Waals surface area contributed by atoms with E-state index in [1.54, 1.807) is 13.0 Å². The lowest BCUT2D eigenvalue weighted by molar-refractivity contribution is -0.139. The molecule has 8 heteroatoms. The Balaban J connectivity index is 1.65. The van der Waals surface area contributed by atoms with Crippen LogP contribution < -0.4 is 4.90 Å². The maximum Gasteiger partial charge on any atom is 0.356 e. The molecule has 0 spiro atoms. The van der Waals surface area contributed by atoms with Gasteiger partial charge in [-0.1, -0.05) is 35.3 Å². The van der Waals surface area contributed by atoms with Gasteiger partial charge in [0.1, 0.15) is 0 Å². The standard InChI is InChI=1S/C23H28Cl2N2O3S/c1-4-30-23(28)15-31(29)22-9-8-18(12-21(22)25)14-26-10-11-27(17(3)16(26)2)20-7-5-6-19(24)13-20/h5-9,12-13,16-17H,4,10-11,14-15H2,1-3H3/t16-,17-,31?/m0/s1. The van der Waals surface area contributed by atoms with Crippen molar-refractivity contribution in [2.24, 2.45) is 0 Å². The Labute approximate surface area is 197 Å². The summed E-state index contributed by atoms with van der Waals surface area (Å²) in [5, 5.41) is 1.16. The number of anilines is 1. The van der Waals surface area contributed by atoms with Crippen LogP contribution in [0.4, 0.5) is 5.69 Å². The van der Waals surface area contributed by atoms with Gasteiger partial charge in [-0.2, -0.15) is 0 Å². The SMILES string of the molecule is CCOC(=O)C[S+]([O-])c1ccc(CN2CCN(c3cccc(Cl)c3)[C@@H](C)[C@@H]2C)cc1Cl. The van der Waals surface area contributed by atoms with Crippen molar-refractivity contribution in [1.29, 1.82) is 0 Å². The van der Waals surface area contributed by atoms with E-state index >= 15 is 0 Å². The lowest BCUT2D eigenvalue weighted by atomic mass is 10.0. The molecule has 31 heavy (non-hydrogen) atoms. The number of carbonyl (C=O) groups excluding carboxylic acids is 1. The second-order valence-corrected chi connectivity index (χ2v) is 9.95. The molecule has 1 aliphatic rings. The summed E-state index contributed by atoms with van der Waals surface area (Å²) in [6.45, 7) is 9.01. The van der Waals surface area contributed by atoms with Crippen molar-refractivity contribution in [2.45, 2.75) is 44.3 Å². The summed E-state index contributed by atoms with van der Waals surface area (Å²) in [5.41, 5.74) is 2.19. The first-order chi connectivity index (χ1) is 14.8. The lowest BCUT2D eigenvalue weighted by Crippen LogP contribution is -2.57. The summed E-state index contributed by atoms with van der Waals surface area (Å²) >= 11 is 11.1. The molecule has 0 radical (unpaired) electrons. The van der Waals surface area contributed by atoms with Gasteiger partial charge in [0, 0.05) is 42.4 Å². The smallest absolute Gasteiger partial charge is 0.356 e. The van der Waals surface area contributed by atoms with Crippen LogP contribution in [0.1, 0.15) is 26.3 Å². The number of carbonyl (C=O) groups is 1. The Morgan fingerprint density at radius 3 is 2.61 bits per heavy atom. The van der Waals surface area contributed by atoms with Crippen molar-refractivity contribution in [3.63, 3.8) is 0 Å². The van der Waals surface area contributed by atoms with E-state index in [2.05, 4.69) is 29.7 Å². The van der Waals surface area contributed by atoms with Gasteiger partial charge in [0.25, 0.3) is 0 Å². The van der Waals surface area contributed by atoms with E-state index in [4.69, 9.17) is 27.9 Å². The second-order valence-electron chi connectivity index (χ2n) is 7.68. The van der Waals surface area contributed by atoms with E-state index in [9.17, 15) is 9.35 Å². The normalized spacial score (nSPS) is 20.5. The molecule has 0 saturated carbocycles. The molecule has 0 N–H and O–H groups in total. The van der Waals surface area contributed by atoms with Crippen molar-refractivity contribution in [2.75, 3.05) is 30.3 Å². The van der Waals surface area contributed by atoms with Gasteiger partial charge in [-0.25, -0.2) is 4.79 Å². The van der Waals surface area contributed by atoms with Gasteiger partial charge in [-0.05, 0) is 67.8 Å². The molecule has 2 aromatic rings. The van der Waals surface area contributed by atoms with E-state index in [0.29, 0.717) is 22.0 Å². The molecule has 0 aromatic heterocycles. The first-order valence-corrected chi connectivity index (χ1v) is 12.5. The van der Waals surface area contributed by atoms with Crippen molar-refractivity contribution in [1.82, 2.24) is 4.90 Å². The third-order valence-electron chi connectivity index (χ3n) is 5.72. The third-order valence-corrected chi connectivity index (χ3v) is 7.72. The predicted octanol–water partition coefficient (Wildman–Crippen LogP) is 4.76. The van der Waals surface area contributed by atoms with Gasteiger partial charge >= 0.3 is 5.97 Å². The summed E-state index contributed by atoms with van der Waals surface area (Å²) in [6, 6.07) is 14.2. The van der Waals surface area contributed by atoms with Gasteiger partial charge in [0.2, 0.25) is 5.75 Å². The number of piperazine rings is 1. The fourth-order valence-electron chi connectivity index (χ4n) is 3.90. The molecule has 0 amide bonds. The molecule has 1 heterocycles. The van der Waals surface area contributed by atoms with Crippen LogP contribution >= 0.6 is 23.2 Å². The fourth-order valence-corrected chi connectivity index (χ4v) is 5.50. The molecule has 1 aliphatic heterocycles. The Hall–Kier alpha value is -1.44. The summed E-state index contributed by atoms with van der Waals surface area (Å²) < 4.78 is 17.3. The summed E-state index contributed by atoms with van der Waals surface area (Å²) in [5.74, 6) is -0.672. The molecule has 5 nitrogen and oxygen atoms in total. The highest BCUT2D eigenvalue weighted by atomic mass is 35.5. The molecule has 1 saturated heterocycles. The number of esters is 1. The Kier molecular flexibility index (Phi) is 8.53. The largest absolute Gasteiger partial charge is 0.611 e. The molecule has 2 aromatic carbocycles. The number of halogens is 2. The Morgan fingerprint density at radius 1 is 1.16 bits per heavy atom. The van der Waals surface area contributed by atoms with Crippen molar-refractivity contribution < 1.29 is 14.1 Å². The van der Waals surface area contributed by atoms with Crippen LogP contribution in [-0.4, -0.2) is 53.0 Å². The van der Waals surface area contributed by atoms with Crippen LogP contribution in [0.3, 0.4) is 0 Å². The van der Waals surface area contributed by atoms with Crippen LogP contribution in [0.25, 0.3) is 0 Å². The molecule has 1 fully saturated rings. The molecule has 168 valence electrons. The molecular formula is C23H28Cl2N2O3S. The average Bonchev–Trinajstić information content (AvgIpc) is 2.71. The zero-order valence-corrected chi connectivity index (χ0v) is 20.3. The van der Waals surface area contributed by atoms with Gasteiger partial charge in [-0.15, -0.1) is 0 Å². The Morgan fingerprint density at radius 2 is 1.94 bits per heavy atom. The molecule has 1 unspecified atom stereocenters. The van der Waals surface area contributed by atoms with Crippen LogP contribution in [0.2, 0.25) is 10.0 Å². The topological polar surface area (TPSA) is 55.8 Å². The van der Waals surface area contributed by atoms with E-state index in [-0.39, 0.29) is 12.4 Å². The summed E-state index contributed by atoms with van der Waals surface area (Å²) in [4.78, 5) is 16.9. The first kappa shape index (κ1) is 24.2. The maximum atomic E-state index is 12.4. The van der Waals surface area contributed by atoms with E-state index in [0.717, 1.165) is 35.9 Å². The van der Waals surface area contributed by atoms with Gasteiger partial charge in [0.05, 0.1) is 11.6 Å². The quantitative estimate of drug-likeness (QED) is 0.420. The van der Waals surface area contributed by atoms with Crippen molar-refractivity contribution >= 4 is 46.0 Å². The number of hydrogen-bond donors (Lipinski definition) is 0. The maximum absolute atomic E-state index is 12.4. The fraction of sp³-hybridized carbons (Fsp3) is 0.435. The van der Waals surface area contributed by atoms with Crippen LogP contribution in [0.5, 0.6) is 0 Å². The van der Waals surface area contributed by atoms with Gasteiger partial charge in [-0.3, -0.25) is 4.90 Å². The zero-order valence-electron chi connectivity index (χ0n) is 18.0. The third kappa shape index (κ3) is 6.08. The lowest BCUT2D eigenvalue weighted by Gasteiger charge is -2.46. The molecular weight excluding hydrogens is 455 g/mol. The number of benzene rings is 2. The zero-order chi connectivity index (χ0) is 22.5. The van der Waals surface area contributed by atoms with Crippen LogP contribution in [-0.2, 0) is 27.3 Å². The number of hydrogen-bond acceptors (Lipinski definition) is 5. The molecule has 3 rings (SSSR count). The van der Waals surface area contributed by atoms with Gasteiger partial charge < -0.3 is 14.2 Å². The minimum Gasteiger partial charge on any atom is -0.611 e. The Bertz CT molecular complexity index is 914. The highest BCUT2D eigenvalue weighted by Crippen LogP contribution is 2.29. The van der Waals surface area contributed by atoms with E-state index < -0.39 is 17.1 Å². The van der Waals surface area contributed by atoms with Crippen LogP contribution in [0, 0.1) is 0 Å². The minimum absolute atomic E-state index is 0.188. The second kappa shape index (κ2) is 10.9. The first-order valence-electron chi connectivity index (χ1n) is 10.4. The summed E-state index contributed by atoms with van der Waals surface area (Å²) in [6.07, 6.45) is 0. The molecule has 0 bridgehead atoms. The highest BCUT2D eigenvalue weighted by molar-refractivity contribution is 7.92. The number of nitrogens with zero attached hydrogens (tertiary/aromatic N) is 2. The van der Waals surface area contributed by atoms with E-state index in [1.807, 2.05) is 30.3 Å². The van der Waals surface area contributed by atoms with Crippen LogP contribution in [0.15, 0.2) is 47.4 Å². The molecule has 3 atom stereocenters. The molecule has 0 aliphatic carbocycles. The minimum atomic E-state index is -1.52. The highest BCUT2D eigenvalue weighted by Gasteiger charge is 2.31. The monoisotopic (exact) mass is 482 g/mol. The number of rotatable bonds is 7. The number of ether oxygens (including phenoxy) is 1. The predicted molar refractivity (Wildman–Crippen MR) is 127 cm³/mol. The van der Waals surface area contributed by atoms with Crippen molar-refractivity contribution in [3.8, 4) is 0 Å².